The molecule has 1 amide bonds. The van der Waals surface area contributed by atoms with Crippen LogP contribution in [0.15, 0.2) is 54.7 Å². The Morgan fingerprint density at radius 2 is 1.69 bits per heavy atom. The first-order valence-corrected chi connectivity index (χ1v) is 9.76. The number of para-hydroxylation sites is 1. The smallest absolute Gasteiger partial charge is 0.270 e. The zero-order valence-corrected chi connectivity index (χ0v) is 17.0. The third kappa shape index (κ3) is 5.10. The van der Waals surface area contributed by atoms with Gasteiger partial charge in [-0.15, -0.1) is 0 Å². The zero-order valence-electron chi connectivity index (χ0n) is 17.0. The number of benzene rings is 2. The van der Waals surface area contributed by atoms with Crippen molar-refractivity contribution >= 4 is 17.5 Å². The molecule has 0 aliphatic rings. The number of methoxy groups -OCH3 is 1. The molecular weight excluding hydrogens is 364 g/mol. The predicted octanol–water partition coefficient (Wildman–Crippen LogP) is 4.28. The summed E-state index contributed by atoms with van der Waals surface area (Å²) in [6.07, 6.45) is 3.40. The molecule has 0 bridgehead atoms. The molecule has 0 fully saturated rings. The Kier molecular flexibility index (Phi) is 6.79. The van der Waals surface area contributed by atoms with Crippen molar-refractivity contribution in [2.45, 2.75) is 33.2 Å². The average Bonchev–Trinajstić information content (AvgIpc) is 2.78. The van der Waals surface area contributed by atoms with E-state index in [9.17, 15) is 4.79 Å². The number of carbonyl (C=O) groups is 1. The summed E-state index contributed by atoms with van der Waals surface area (Å²) in [5.41, 5.74) is 4.72. The van der Waals surface area contributed by atoms with Crippen LogP contribution in [0, 0.1) is 0 Å². The molecule has 3 rings (SSSR count). The number of carbonyl (C=O) groups excluding carboxylic acids is 1. The van der Waals surface area contributed by atoms with Crippen LogP contribution in [0.25, 0.3) is 0 Å². The summed E-state index contributed by atoms with van der Waals surface area (Å²) in [4.78, 5) is 21.2. The van der Waals surface area contributed by atoms with Crippen molar-refractivity contribution in [1.29, 1.82) is 0 Å². The summed E-state index contributed by atoms with van der Waals surface area (Å²) < 4.78 is 5.15. The molecule has 0 spiro atoms. The fourth-order valence-corrected chi connectivity index (χ4v) is 3.08. The van der Waals surface area contributed by atoms with E-state index in [1.807, 2.05) is 24.3 Å². The minimum absolute atomic E-state index is 0.245. The lowest BCUT2D eigenvalue weighted by Crippen LogP contribution is -2.24. The van der Waals surface area contributed by atoms with E-state index in [1.165, 1.54) is 11.1 Å². The molecule has 0 saturated heterocycles. The fourth-order valence-electron chi connectivity index (χ4n) is 3.08. The van der Waals surface area contributed by atoms with Gasteiger partial charge >= 0.3 is 0 Å². The topological polar surface area (TPSA) is 76.1 Å². The van der Waals surface area contributed by atoms with Gasteiger partial charge in [0, 0.05) is 18.4 Å². The summed E-state index contributed by atoms with van der Waals surface area (Å²) in [5, 5.41) is 6.20. The van der Waals surface area contributed by atoms with Gasteiger partial charge in [0.15, 0.2) is 0 Å². The van der Waals surface area contributed by atoms with Gasteiger partial charge in [-0.2, -0.15) is 0 Å². The number of anilines is 2. The molecule has 6 heteroatoms. The van der Waals surface area contributed by atoms with Crippen molar-refractivity contribution in [3.8, 4) is 5.75 Å². The highest BCUT2D eigenvalue weighted by atomic mass is 16.5. The van der Waals surface area contributed by atoms with Gasteiger partial charge in [0.05, 0.1) is 7.11 Å². The van der Waals surface area contributed by atoms with E-state index in [0.717, 1.165) is 29.8 Å². The standard InChI is InChI=1S/C23H26N4O2/c1-4-17-7-6-8-18(5-2)21(17)27-23-24-14-13-20(26-23)22(28)25-15-16-9-11-19(29-3)12-10-16/h6-14H,4-5,15H2,1-3H3,(H,25,28)(H,24,26,27). The first-order chi connectivity index (χ1) is 14.1. The van der Waals surface area contributed by atoms with Gasteiger partial charge in [-0.05, 0) is 47.7 Å². The summed E-state index contributed by atoms with van der Waals surface area (Å²) in [6, 6.07) is 15.4. The lowest BCUT2D eigenvalue weighted by molar-refractivity contribution is 0.0946. The van der Waals surface area contributed by atoms with Crippen molar-refractivity contribution in [3.63, 3.8) is 0 Å². The van der Waals surface area contributed by atoms with E-state index >= 15 is 0 Å². The van der Waals surface area contributed by atoms with Crippen LogP contribution >= 0.6 is 0 Å². The van der Waals surface area contributed by atoms with Gasteiger partial charge in [0.2, 0.25) is 5.95 Å². The molecule has 0 radical (unpaired) electrons. The van der Waals surface area contributed by atoms with Crippen LogP contribution in [-0.2, 0) is 19.4 Å². The van der Waals surface area contributed by atoms with Gasteiger partial charge in [-0.3, -0.25) is 4.79 Å². The molecule has 0 saturated carbocycles. The van der Waals surface area contributed by atoms with Crippen LogP contribution in [0.2, 0.25) is 0 Å². The molecule has 2 aromatic carbocycles. The van der Waals surface area contributed by atoms with Crippen LogP contribution in [0.5, 0.6) is 5.75 Å². The molecule has 1 aromatic heterocycles. The highest BCUT2D eigenvalue weighted by molar-refractivity contribution is 5.92. The van der Waals surface area contributed by atoms with Crippen molar-refractivity contribution in [2.24, 2.45) is 0 Å². The lowest BCUT2D eigenvalue weighted by Gasteiger charge is -2.14. The van der Waals surface area contributed by atoms with Gasteiger partial charge in [0.1, 0.15) is 11.4 Å². The Labute approximate surface area is 171 Å². The van der Waals surface area contributed by atoms with Crippen molar-refractivity contribution in [2.75, 3.05) is 12.4 Å². The first kappa shape index (κ1) is 20.3. The van der Waals surface area contributed by atoms with Crippen molar-refractivity contribution in [1.82, 2.24) is 15.3 Å². The summed E-state index contributed by atoms with van der Waals surface area (Å²) in [5.74, 6) is 0.953. The molecule has 0 unspecified atom stereocenters. The summed E-state index contributed by atoms with van der Waals surface area (Å²) in [6.45, 7) is 4.64. The number of amides is 1. The van der Waals surface area contributed by atoms with Crippen LogP contribution in [-0.4, -0.2) is 23.0 Å². The third-order valence-electron chi connectivity index (χ3n) is 4.74. The Balaban J connectivity index is 1.71. The molecule has 2 N–H and O–H groups in total. The van der Waals surface area contributed by atoms with Gasteiger partial charge in [-0.1, -0.05) is 44.2 Å². The van der Waals surface area contributed by atoms with Gasteiger partial charge < -0.3 is 15.4 Å². The minimum atomic E-state index is -0.245. The monoisotopic (exact) mass is 390 g/mol. The molecule has 0 atom stereocenters. The van der Waals surface area contributed by atoms with E-state index in [0.29, 0.717) is 18.2 Å². The van der Waals surface area contributed by atoms with E-state index < -0.39 is 0 Å². The number of hydrogen-bond acceptors (Lipinski definition) is 5. The first-order valence-electron chi connectivity index (χ1n) is 9.76. The second-order valence-electron chi connectivity index (χ2n) is 6.58. The SMILES string of the molecule is CCc1cccc(CC)c1Nc1nccc(C(=O)NCc2ccc(OC)cc2)n1. The molecular formula is C23H26N4O2. The number of nitrogens with zero attached hydrogens (tertiary/aromatic N) is 2. The minimum Gasteiger partial charge on any atom is -0.497 e. The maximum Gasteiger partial charge on any atom is 0.270 e. The number of aryl methyl sites for hydroxylation is 2. The highest BCUT2D eigenvalue weighted by Crippen LogP contribution is 2.25. The molecule has 150 valence electrons. The quantitative estimate of drug-likeness (QED) is 0.600. The number of hydrogen-bond donors (Lipinski definition) is 2. The Hall–Kier alpha value is -3.41. The summed E-state index contributed by atoms with van der Waals surface area (Å²) >= 11 is 0. The zero-order chi connectivity index (χ0) is 20.6. The lowest BCUT2D eigenvalue weighted by atomic mass is 10.0. The van der Waals surface area contributed by atoms with E-state index in [-0.39, 0.29) is 5.91 Å². The normalized spacial score (nSPS) is 10.4. The highest BCUT2D eigenvalue weighted by Gasteiger charge is 2.11. The molecule has 0 aliphatic heterocycles. The van der Waals surface area contributed by atoms with E-state index in [4.69, 9.17) is 4.74 Å². The van der Waals surface area contributed by atoms with Crippen LogP contribution < -0.4 is 15.4 Å². The maximum absolute atomic E-state index is 12.5. The van der Waals surface area contributed by atoms with Gasteiger partial charge in [-0.25, -0.2) is 9.97 Å². The van der Waals surface area contributed by atoms with Crippen molar-refractivity contribution < 1.29 is 9.53 Å². The summed E-state index contributed by atoms with van der Waals surface area (Å²) in [7, 11) is 1.62. The number of aromatic nitrogens is 2. The van der Waals surface area contributed by atoms with Crippen LogP contribution in [0.1, 0.15) is 41.0 Å². The van der Waals surface area contributed by atoms with Crippen LogP contribution in [0.3, 0.4) is 0 Å². The largest absolute Gasteiger partial charge is 0.497 e. The molecule has 29 heavy (non-hydrogen) atoms. The Bertz CT molecular complexity index is 949. The number of nitrogens with one attached hydrogen (secondary N) is 2. The average molecular weight is 390 g/mol. The third-order valence-corrected chi connectivity index (χ3v) is 4.74. The second-order valence-corrected chi connectivity index (χ2v) is 6.58. The number of ether oxygens (including phenoxy) is 1. The van der Waals surface area contributed by atoms with E-state index in [2.05, 4.69) is 52.6 Å². The number of rotatable bonds is 8. The molecule has 0 aliphatic carbocycles. The predicted molar refractivity (Wildman–Crippen MR) is 115 cm³/mol. The van der Waals surface area contributed by atoms with E-state index in [1.54, 1.807) is 19.4 Å². The molecule has 3 aromatic rings. The fraction of sp³-hybridized carbons (Fsp3) is 0.261. The maximum atomic E-state index is 12.5. The Morgan fingerprint density at radius 1 is 1.00 bits per heavy atom. The molecule has 6 nitrogen and oxygen atoms in total. The molecule has 1 heterocycles. The Morgan fingerprint density at radius 3 is 2.31 bits per heavy atom. The van der Waals surface area contributed by atoms with Crippen LogP contribution in [0.4, 0.5) is 11.6 Å². The van der Waals surface area contributed by atoms with Crippen molar-refractivity contribution in [3.05, 3.63) is 77.1 Å². The van der Waals surface area contributed by atoms with Gasteiger partial charge in [0.25, 0.3) is 5.91 Å². The second kappa shape index (κ2) is 9.68.